The molecule has 1 aliphatic rings. The zero-order chi connectivity index (χ0) is 11.5. The van der Waals surface area contributed by atoms with Gasteiger partial charge in [0.2, 0.25) is 0 Å². The third-order valence-corrected chi connectivity index (χ3v) is 3.23. The van der Waals surface area contributed by atoms with Gasteiger partial charge in [-0.25, -0.2) is 0 Å². The number of anilines is 1. The van der Waals surface area contributed by atoms with Gasteiger partial charge in [-0.15, -0.1) is 11.6 Å². The molecular formula is C11H14Cl2N2O. The quantitative estimate of drug-likeness (QED) is 0.765. The Morgan fingerprint density at radius 3 is 3.06 bits per heavy atom. The van der Waals surface area contributed by atoms with Crippen molar-refractivity contribution in [3.63, 3.8) is 0 Å². The molecule has 2 rings (SSSR count). The van der Waals surface area contributed by atoms with Gasteiger partial charge in [0.15, 0.2) is 0 Å². The van der Waals surface area contributed by atoms with Crippen molar-refractivity contribution in [3.05, 3.63) is 23.5 Å². The maximum absolute atomic E-state index is 6.12. The van der Waals surface area contributed by atoms with Crippen molar-refractivity contribution in [1.29, 1.82) is 0 Å². The summed E-state index contributed by atoms with van der Waals surface area (Å²) in [6, 6.07) is 1.92. The summed E-state index contributed by atoms with van der Waals surface area (Å²) in [5.41, 5.74) is 1.00. The molecule has 1 fully saturated rings. The third kappa shape index (κ3) is 2.59. The average molecular weight is 261 g/mol. The number of halogens is 2. The zero-order valence-corrected chi connectivity index (χ0v) is 10.6. The lowest BCUT2D eigenvalue weighted by Gasteiger charge is -2.37. The molecular weight excluding hydrogens is 247 g/mol. The highest BCUT2D eigenvalue weighted by Crippen LogP contribution is 2.27. The molecule has 1 aliphatic heterocycles. The zero-order valence-electron chi connectivity index (χ0n) is 9.07. The number of hydrogen-bond donors (Lipinski definition) is 0. The number of rotatable bonds is 2. The highest BCUT2D eigenvalue weighted by atomic mass is 35.5. The molecule has 5 heteroatoms. The molecule has 2 atom stereocenters. The lowest BCUT2D eigenvalue weighted by molar-refractivity contribution is -0.00332. The summed E-state index contributed by atoms with van der Waals surface area (Å²) >= 11 is 12.0. The minimum atomic E-state index is 0.0645. The lowest BCUT2D eigenvalue weighted by atomic mass is 10.2. The Labute approximate surface area is 105 Å². The van der Waals surface area contributed by atoms with E-state index in [2.05, 4.69) is 9.88 Å². The first kappa shape index (κ1) is 12.0. The van der Waals surface area contributed by atoms with E-state index in [4.69, 9.17) is 27.9 Å². The van der Waals surface area contributed by atoms with Crippen molar-refractivity contribution in [2.45, 2.75) is 19.1 Å². The van der Waals surface area contributed by atoms with Crippen LogP contribution in [0, 0.1) is 0 Å². The van der Waals surface area contributed by atoms with Crippen LogP contribution in [0.5, 0.6) is 0 Å². The van der Waals surface area contributed by atoms with Crippen LogP contribution in [-0.2, 0) is 4.74 Å². The maximum atomic E-state index is 6.12. The van der Waals surface area contributed by atoms with Gasteiger partial charge < -0.3 is 9.64 Å². The summed E-state index contributed by atoms with van der Waals surface area (Å²) < 4.78 is 5.69. The molecule has 88 valence electrons. The molecule has 0 spiro atoms. The first-order chi connectivity index (χ1) is 7.70. The number of hydrogen-bond acceptors (Lipinski definition) is 3. The van der Waals surface area contributed by atoms with Crippen LogP contribution >= 0.6 is 23.2 Å². The van der Waals surface area contributed by atoms with Gasteiger partial charge in [0.25, 0.3) is 0 Å². The van der Waals surface area contributed by atoms with E-state index in [9.17, 15) is 0 Å². The van der Waals surface area contributed by atoms with E-state index in [0.29, 0.717) is 10.9 Å². The van der Waals surface area contributed by atoms with E-state index in [1.807, 2.05) is 13.0 Å². The monoisotopic (exact) mass is 260 g/mol. The molecule has 16 heavy (non-hydrogen) atoms. The molecule has 0 radical (unpaired) electrons. The van der Waals surface area contributed by atoms with Crippen LogP contribution in [0.25, 0.3) is 0 Å². The van der Waals surface area contributed by atoms with E-state index in [1.54, 1.807) is 12.4 Å². The van der Waals surface area contributed by atoms with E-state index >= 15 is 0 Å². The summed E-state index contributed by atoms with van der Waals surface area (Å²) in [5, 5.41) is 0.671. The van der Waals surface area contributed by atoms with E-state index in [-0.39, 0.29) is 12.2 Å². The van der Waals surface area contributed by atoms with E-state index < -0.39 is 0 Å². The molecule has 2 heterocycles. The summed E-state index contributed by atoms with van der Waals surface area (Å²) in [6.07, 6.45) is 3.64. The Balaban J connectivity index is 2.17. The molecule has 0 aliphatic carbocycles. The van der Waals surface area contributed by atoms with Gasteiger partial charge in [-0.1, -0.05) is 11.6 Å². The number of nitrogens with zero attached hydrogens (tertiary/aromatic N) is 2. The molecule has 3 nitrogen and oxygen atoms in total. The van der Waals surface area contributed by atoms with Crippen LogP contribution in [0.4, 0.5) is 5.69 Å². The van der Waals surface area contributed by atoms with Gasteiger partial charge in [-0.3, -0.25) is 4.98 Å². The molecule has 0 aromatic carbocycles. The average Bonchev–Trinajstić information content (AvgIpc) is 2.28. The van der Waals surface area contributed by atoms with Crippen molar-refractivity contribution >= 4 is 28.9 Å². The van der Waals surface area contributed by atoms with Crippen LogP contribution in [-0.4, -0.2) is 36.2 Å². The first-order valence-electron chi connectivity index (χ1n) is 5.26. The Morgan fingerprint density at radius 1 is 1.56 bits per heavy atom. The summed E-state index contributed by atoms with van der Waals surface area (Å²) in [6.45, 7) is 3.65. The first-order valence-corrected chi connectivity index (χ1v) is 6.18. The van der Waals surface area contributed by atoms with Gasteiger partial charge in [0.05, 0.1) is 28.8 Å². The highest BCUT2D eigenvalue weighted by molar-refractivity contribution is 6.33. The number of alkyl halides is 1. The van der Waals surface area contributed by atoms with Crippen LogP contribution in [0.15, 0.2) is 18.5 Å². The second-order valence-electron chi connectivity index (χ2n) is 3.96. The third-order valence-electron chi connectivity index (χ3n) is 2.59. The molecule has 2 unspecified atom stereocenters. The molecule has 0 N–H and O–H groups in total. The van der Waals surface area contributed by atoms with Crippen LogP contribution < -0.4 is 4.90 Å². The fraction of sp³-hybridized carbons (Fsp3) is 0.545. The van der Waals surface area contributed by atoms with Crippen molar-refractivity contribution < 1.29 is 4.74 Å². The van der Waals surface area contributed by atoms with E-state index in [1.165, 1.54) is 0 Å². The number of aromatic nitrogens is 1. The van der Waals surface area contributed by atoms with Gasteiger partial charge >= 0.3 is 0 Å². The largest absolute Gasteiger partial charge is 0.370 e. The van der Waals surface area contributed by atoms with Crippen molar-refractivity contribution in [1.82, 2.24) is 4.98 Å². The van der Waals surface area contributed by atoms with E-state index in [0.717, 1.165) is 18.8 Å². The van der Waals surface area contributed by atoms with Crippen molar-refractivity contribution in [2.75, 3.05) is 23.9 Å². The number of morpholine rings is 1. The van der Waals surface area contributed by atoms with Crippen LogP contribution in [0.3, 0.4) is 0 Å². The number of ether oxygens (including phenoxy) is 1. The normalized spacial score (nSPS) is 25.8. The Kier molecular flexibility index (Phi) is 3.90. The second kappa shape index (κ2) is 5.21. The standard InChI is InChI=1S/C11H14Cl2N2O/c1-8-6-15(7-9(4-12)16-8)11-2-3-14-5-10(11)13/h2-3,5,8-9H,4,6-7H2,1H3. The predicted octanol–water partition coefficient (Wildman–Crippen LogP) is 2.57. The predicted molar refractivity (Wildman–Crippen MR) is 66.5 cm³/mol. The van der Waals surface area contributed by atoms with Crippen molar-refractivity contribution in [3.8, 4) is 0 Å². The maximum Gasteiger partial charge on any atom is 0.0889 e. The molecule has 0 amide bonds. The van der Waals surface area contributed by atoms with Gasteiger partial charge in [0, 0.05) is 25.5 Å². The SMILES string of the molecule is CC1CN(c2ccncc2Cl)CC(CCl)O1. The summed E-state index contributed by atoms with van der Waals surface area (Å²) in [4.78, 5) is 6.18. The highest BCUT2D eigenvalue weighted by Gasteiger charge is 2.25. The second-order valence-corrected chi connectivity index (χ2v) is 4.67. The molecule has 0 bridgehead atoms. The lowest BCUT2D eigenvalue weighted by Crippen LogP contribution is -2.47. The van der Waals surface area contributed by atoms with Crippen LogP contribution in [0.2, 0.25) is 5.02 Å². The van der Waals surface area contributed by atoms with Crippen LogP contribution in [0.1, 0.15) is 6.92 Å². The fourth-order valence-electron chi connectivity index (χ4n) is 1.95. The minimum Gasteiger partial charge on any atom is -0.370 e. The van der Waals surface area contributed by atoms with Crippen molar-refractivity contribution in [2.24, 2.45) is 0 Å². The summed E-state index contributed by atoms with van der Waals surface area (Å²) in [5.74, 6) is 0.504. The summed E-state index contributed by atoms with van der Waals surface area (Å²) in [7, 11) is 0. The van der Waals surface area contributed by atoms with Gasteiger partial charge in [0.1, 0.15) is 0 Å². The van der Waals surface area contributed by atoms with Gasteiger partial charge in [-0.05, 0) is 13.0 Å². The topological polar surface area (TPSA) is 25.4 Å². The molecule has 1 aromatic rings. The van der Waals surface area contributed by atoms with Gasteiger partial charge in [-0.2, -0.15) is 0 Å². The Bertz CT molecular complexity index is 362. The fourth-order valence-corrected chi connectivity index (χ4v) is 2.36. The smallest absolute Gasteiger partial charge is 0.0889 e. The Morgan fingerprint density at radius 2 is 2.38 bits per heavy atom. The molecule has 0 saturated carbocycles. The molecule has 1 saturated heterocycles. The number of pyridine rings is 1. The Hall–Kier alpha value is -0.510. The minimum absolute atomic E-state index is 0.0645. The molecule has 1 aromatic heterocycles.